The summed E-state index contributed by atoms with van der Waals surface area (Å²) in [6, 6.07) is 12.2. The number of aliphatic hydroxyl groups is 1. The number of fused-ring (bicyclic) bond motifs is 7. The van der Waals surface area contributed by atoms with E-state index in [9.17, 15) is 19.1 Å². The first-order chi connectivity index (χ1) is 20.8. The van der Waals surface area contributed by atoms with Crippen LogP contribution in [0.25, 0.3) is 0 Å². The van der Waals surface area contributed by atoms with E-state index in [1.54, 1.807) is 37.3 Å². The third-order valence-corrected chi connectivity index (χ3v) is 11.2. The molecule has 44 heavy (non-hydrogen) atoms. The van der Waals surface area contributed by atoms with E-state index in [2.05, 4.69) is 0 Å². The minimum atomic E-state index is -2.33. The SMILES string of the molecule is C[C@]12C=CC(=O)C=C1[C@@H](F)C[C@H]1[C@@H]3C[C@H]4OC(c5cccc(F)c5)O[C@@]4(C(=O)COc4ccc(N)cc4)[C@@]3(C)C[C@H](O)[C@@]12F. The Labute approximate surface area is 252 Å². The molecular weight excluding hydrogens is 575 g/mol. The summed E-state index contributed by atoms with van der Waals surface area (Å²) in [7, 11) is 0. The monoisotopic (exact) mass is 609 g/mol. The fourth-order valence-corrected chi connectivity index (χ4v) is 9.07. The molecule has 5 aliphatic rings. The number of nitrogens with two attached hydrogens (primary N) is 1. The number of alkyl halides is 2. The molecule has 2 aromatic carbocycles. The Bertz CT molecular complexity index is 1600. The molecule has 1 heterocycles. The highest BCUT2D eigenvalue weighted by molar-refractivity contribution is 6.01. The molecule has 7 rings (SSSR count). The quantitative estimate of drug-likeness (QED) is 0.452. The van der Waals surface area contributed by atoms with E-state index in [4.69, 9.17) is 19.9 Å². The lowest BCUT2D eigenvalue weighted by molar-refractivity contribution is -0.235. The molecule has 3 N–H and O–H groups in total. The van der Waals surface area contributed by atoms with Gasteiger partial charge in [-0.2, -0.15) is 0 Å². The predicted octanol–water partition coefficient (Wildman–Crippen LogP) is 5.14. The number of nitrogen functional groups attached to an aromatic ring is 1. The standard InChI is InChI=1S/C34H34F3NO6/c1-31-11-10-21(39)13-25(31)26(36)14-24-23-15-29-34(32(23,2)16-27(40)33(24,31)37,28(41)17-42-22-8-6-20(38)7-9-22)44-30(43-29)18-4-3-5-19(35)12-18/h3-13,23-24,26-27,29-30,40H,14-17,38H2,1-2H3/t23-,24-,26-,27-,29+,30?,31-,32-,33-,34+/m0/s1. The fourth-order valence-electron chi connectivity index (χ4n) is 9.07. The van der Waals surface area contributed by atoms with Crippen LogP contribution in [0.2, 0.25) is 0 Å². The number of halogens is 3. The molecular formula is C34H34F3NO6. The van der Waals surface area contributed by atoms with E-state index in [1.807, 2.05) is 0 Å². The minimum Gasteiger partial charge on any atom is -0.486 e. The van der Waals surface area contributed by atoms with Crippen LogP contribution in [0.3, 0.4) is 0 Å². The van der Waals surface area contributed by atoms with Crippen molar-refractivity contribution < 1.29 is 42.1 Å². The maximum absolute atomic E-state index is 17.7. The molecule has 0 bridgehead atoms. The summed E-state index contributed by atoms with van der Waals surface area (Å²) in [6.07, 6.45) is -1.87. The Morgan fingerprint density at radius 3 is 2.61 bits per heavy atom. The number of rotatable bonds is 5. The Kier molecular flexibility index (Phi) is 6.49. The summed E-state index contributed by atoms with van der Waals surface area (Å²) < 4.78 is 66.5. The number of benzene rings is 2. The number of aliphatic hydroxyl groups excluding tert-OH is 1. The van der Waals surface area contributed by atoms with Gasteiger partial charge in [-0.25, -0.2) is 13.2 Å². The van der Waals surface area contributed by atoms with Gasteiger partial charge in [-0.05, 0) is 86.2 Å². The third kappa shape index (κ3) is 3.80. The summed E-state index contributed by atoms with van der Waals surface area (Å²) in [5.74, 6) is -2.69. The third-order valence-electron chi connectivity index (χ3n) is 11.2. The second-order valence-corrected chi connectivity index (χ2v) is 13.2. The molecule has 0 aromatic heterocycles. The van der Waals surface area contributed by atoms with E-state index < -0.39 is 82.6 Å². The number of ether oxygens (including phenoxy) is 3. The van der Waals surface area contributed by atoms with Gasteiger partial charge in [-0.1, -0.05) is 25.1 Å². The zero-order valence-electron chi connectivity index (χ0n) is 24.3. The van der Waals surface area contributed by atoms with Gasteiger partial charge in [0.05, 0.1) is 12.2 Å². The number of ketones is 2. The van der Waals surface area contributed by atoms with Crippen molar-refractivity contribution in [3.8, 4) is 5.75 Å². The van der Waals surface area contributed by atoms with Crippen molar-refractivity contribution in [1.82, 2.24) is 0 Å². The zero-order valence-corrected chi connectivity index (χ0v) is 24.3. The van der Waals surface area contributed by atoms with Crippen molar-refractivity contribution >= 4 is 17.3 Å². The number of hydrogen-bond acceptors (Lipinski definition) is 7. The van der Waals surface area contributed by atoms with Crippen LogP contribution < -0.4 is 10.5 Å². The normalized spacial score (nSPS) is 42.1. The van der Waals surface area contributed by atoms with Crippen molar-refractivity contribution in [2.24, 2.45) is 22.7 Å². The van der Waals surface area contributed by atoms with Crippen molar-refractivity contribution in [2.45, 2.75) is 69.0 Å². The number of allylic oxidation sites excluding steroid dienone is 4. The van der Waals surface area contributed by atoms with Crippen LogP contribution in [-0.2, 0) is 19.1 Å². The summed E-state index contributed by atoms with van der Waals surface area (Å²) in [5, 5.41) is 11.8. The van der Waals surface area contributed by atoms with Crippen LogP contribution in [0, 0.1) is 28.5 Å². The van der Waals surface area contributed by atoms with Crippen LogP contribution in [0.4, 0.5) is 18.9 Å². The van der Waals surface area contributed by atoms with Gasteiger partial charge in [0.1, 0.15) is 24.3 Å². The lowest BCUT2D eigenvalue weighted by Gasteiger charge is -2.63. The van der Waals surface area contributed by atoms with Crippen LogP contribution >= 0.6 is 0 Å². The van der Waals surface area contributed by atoms with E-state index >= 15 is 8.78 Å². The fraction of sp³-hybridized carbons (Fsp3) is 0.471. The van der Waals surface area contributed by atoms with Gasteiger partial charge in [0.25, 0.3) is 0 Å². The summed E-state index contributed by atoms with van der Waals surface area (Å²) >= 11 is 0. The second-order valence-electron chi connectivity index (χ2n) is 13.2. The van der Waals surface area contributed by atoms with E-state index in [0.29, 0.717) is 17.0 Å². The lowest BCUT2D eigenvalue weighted by atomic mass is 9.44. The number of anilines is 1. The average Bonchev–Trinajstić information content (AvgIpc) is 3.49. The number of carbonyl (C=O) groups excluding carboxylic acids is 2. The molecule has 232 valence electrons. The number of carbonyl (C=O) groups is 2. The zero-order chi connectivity index (χ0) is 31.2. The summed E-state index contributed by atoms with van der Waals surface area (Å²) in [5.41, 5.74) is -0.144. The van der Waals surface area contributed by atoms with Gasteiger partial charge < -0.3 is 25.1 Å². The summed E-state index contributed by atoms with van der Waals surface area (Å²) in [4.78, 5) is 26.6. The van der Waals surface area contributed by atoms with Gasteiger partial charge in [0.2, 0.25) is 5.78 Å². The van der Waals surface area contributed by atoms with Crippen molar-refractivity contribution in [3.63, 3.8) is 0 Å². The predicted molar refractivity (Wildman–Crippen MR) is 153 cm³/mol. The smallest absolute Gasteiger partial charge is 0.205 e. The van der Waals surface area contributed by atoms with Gasteiger partial charge in [-0.15, -0.1) is 0 Å². The molecule has 2 aromatic rings. The Hall–Kier alpha value is -3.47. The van der Waals surface area contributed by atoms with Gasteiger partial charge >= 0.3 is 0 Å². The van der Waals surface area contributed by atoms with Crippen molar-refractivity contribution in [3.05, 3.63) is 83.7 Å². The van der Waals surface area contributed by atoms with Crippen LogP contribution in [0.1, 0.15) is 45.0 Å². The van der Waals surface area contributed by atoms with Gasteiger partial charge in [0, 0.05) is 28.0 Å². The maximum atomic E-state index is 17.7. The maximum Gasteiger partial charge on any atom is 0.205 e. The highest BCUT2D eigenvalue weighted by Gasteiger charge is 2.80. The Balaban J connectivity index is 1.29. The molecule has 4 aliphatic carbocycles. The van der Waals surface area contributed by atoms with Crippen molar-refractivity contribution in [2.75, 3.05) is 12.3 Å². The first kappa shape index (κ1) is 29.3. The number of hydrogen-bond donors (Lipinski definition) is 2. The highest BCUT2D eigenvalue weighted by atomic mass is 19.1. The molecule has 1 unspecified atom stereocenters. The minimum absolute atomic E-state index is 0.0194. The van der Waals surface area contributed by atoms with E-state index in [0.717, 1.165) is 6.08 Å². The number of Topliss-reactive ketones (excluding diaryl/α,β-unsaturated/α-hetero) is 1. The molecule has 1 saturated heterocycles. The molecule has 0 amide bonds. The van der Waals surface area contributed by atoms with Gasteiger partial charge in [-0.3, -0.25) is 9.59 Å². The molecule has 4 fully saturated rings. The van der Waals surface area contributed by atoms with Crippen LogP contribution in [0.5, 0.6) is 5.75 Å². The molecule has 1 aliphatic heterocycles. The first-order valence-corrected chi connectivity index (χ1v) is 14.9. The molecule has 10 heteroatoms. The largest absolute Gasteiger partial charge is 0.486 e. The Morgan fingerprint density at radius 2 is 1.89 bits per heavy atom. The topological polar surface area (TPSA) is 108 Å². The van der Waals surface area contributed by atoms with Crippen molar-refractivity contribution in [1.29, 1.82) is 0 Å². The lowest BCUT2D eigenvalue weighted by Crippen LogP contribution is -2.70. The van der Waals surface area contributed by atoms with E-state index in [-0.39, 0.29) is 24.8 Å². The highest BCUT2D eigenvalue weighted by Crippen LogP contribution is 2.72. The van der Waals surface area contributed by atoms with E-state index in [1.165, 1.54) is 37.3 Å². The Morgan fingerprint density at radius 1 is 1.14 bits per heavy atom. The second kappa shape index (κ2) is 9.76. The first-order valence-electron chi connectivity index (χ1n) is 14.9. The molecule has 10 atom stereocenters. The van der Waals surface area contributed by atoms with Gasteiger partial charge in [0.15, 0.2) is 23.3 Å². The molecule has 0 radical (unpaired) electrons. The summed E-state index contributed by atoms with van der Waals surface area (Å²) in [6.45, 7) is 2.86. The molecule has 0 spiro atoms. The average molecular weight is 610 g/mol. The van der Waals surface area contributed by atoms with Crippen LogP contribution in [-0.4, -0.2) is 52.9 Å². The van der Waals surface area contributed by atoms with Crippen LogP contribution in [0.15, 0.2) is 72.3 Å². The molecule has 3 saturated carbocycles. The molecule has 7 nitrogen and oxygen atoms in total.